The van der Waals surface area contributed by atoms with Gasteiger partial charge in [-0.2, -0.15) is 0 Å². The van der Waals surface area contributed by atoms with Crippen molar-refractivity contribution in [2.75, 3.05) is 0 Å². The molecule has 1 rings (SSSR count). The Morgan fingerprint density at radius 2 is 1.87 bits per heavy atom. The van der Waals surface area contributed by atoms with Crippen molar-refractivity contribution in [1.29, 1.82) is 0 Å². The van der Waals surface area contributed by atoms with Gasteiger partial charge in [-0.3, -0.25) is 0 Å². The van der Waals surface area contributed by atoms with E-state index in [1.54, 1.807) is 0 Å². The number of hydrogen-bond acceptors (Lipinski definition) is 4. The first-order valence-corrected chi connectivity index (χ1v) is 4.33. The van der Waals surface area contributed by atoms with E-state index in [1.165, 1.54) is 5.56 Å². The summed E-state index contributed by atoms with van der Waals surface area (Å²) in [7, 11) is 0. The maximum atomic E-state index is 8.79. The Morgan fingerprint density at radius 3 is 2.27 bits per heavy atom. The predicted molar refractivity (Wildman–Crippen MR) is 53.7 cm³/mol. The molecule has 1 aromatic carbocycles. The minimum absolute atomic E-state index is 0.629. The Hall–Kier alpha value is -1.66. The van der Waals surface area contributed by atoms with Crippen LogP contribution in [0.5, 0.6) is 0 Å². The molecule has 0 amide bonds. The lowest BCUT2D eigenvalue weighted by Gasteiger charge is -2.02. The van der Waals surface area contributed by atoms with E-state index in [-0.39, 0.29) is 0 Å². The standard InChI is InChI=1S/C9H13NO.HNO3/c10-9(11)7-6-8-4-2-1-3-5-8;2-1(3)4/h1-5,9,11H,6-7,10H2;(H,2,3,4). The van der Waals surface area contributed by atoms with Crippen LogP contribution >= 0.6 is 0 Å². The molecule has 0 aromatic heterocycles. The van der Waals surface area contributed by atoms with Gasteiger partial charge in [0.25, 0.3) is 5.09 Å². The summed E-state index contributed by atoms with van der Waals surface area (Å²) < 4.78 is 0. The van der Waals surface area contributed by atoms with Crippen molar-refractivity contribution in [2.24, 2.45) is 5.73 Å². The smallest absolute Gasteiger partial charge is 0.291 e. The molecule has 0 saturated heterocycles. The Balaban J connectivity index is 0.000000423. The van der Waals surface area contributed by atoms with Crippen LogP contribution in [0.3, 0.4) is 0 Å². The number of aliphatic hydroxyl groups is 1. The molecule has 0 bridgehead atoms. The number of benzene rings is 1. The van der Waals surface area contributed by atoms with E-state index < -0.39 is 11.3 Å². The predicted octanol–water partition coefficient (Wildman–Crippen LogP) is 0.549. The molecule has 0 heterocycles. The number of hydrogen-bond donors (Lipinski definition) is 3. The Kier molecular flexibility index (Phi) is 6.86. The average molecular weight is 214 g/mol. The lowest BCUT2D eigenvalue weighted by Crippen LogP contribution is -2.19. The van der Waals surface area contributed by atoms with Crippen molar-refractivity contribution in [1.82, 2.24) is 0 Å². The fourth-order valence-electron chi connectivity index (χ4n) is 0.959. The summed E-state index contributed by atoms with van der Waals surface area (Å²) >= 11 is 0. The van der Waals surface area contributed by atoms with Gasteiger partial charge < -0.3 is 16.0 Å². The van der Waals surface area contributed by atoms with Gasteiger partial charge in [0.15, 0.2) is 0 Å². The van der Waals surface area contributed by atoms with Crippen LogP contribution in [0.1, 0.15) is 12.0 Å². The molecule has 0 radical (unpaired) electrons. The second-order valence-corrected chi connectivity index (χ2v) is 2.83. The maximum Gasteiger partial charge on any atom is 0.291 e. The maximum absolute atomic E-state index is 8.79. The quantitative estimate of drug-likeness (QED) is 0.386. The van der Waals surface area contributed by atoms with E-state index in [1.807, 2.05) is 30.3 Å². The van der Waals surface area contributed by atoms with Gasteiger partial charge >= 0.3 is 0 Å². The fourth-order valence-corrected chi connectivity index (χ4v) is 0.959. The van der Waals surface area contributed by atoms with Gasteiger partial charge in [-0.1, -0.05) is 30.3 Å². The molecule has 0 aliphatic carbocycles. The molecule has 84 valence electrons. The van der Waals surface area contributed by atoms with E-state index >= 15 is 0 Å². The Bertz CT molecular complexity index is 273. The van der Waals surface area contributed by atoms with E-state index in [0.29, 0.717) is 6.42 Å². The molecule has 6 nitrogen and oxygen atoms in total. The average Bonchev–Trinajstić information content (AvgIpc) is 2.15. The zero-order valence-corrected chi connectivity index (χ0v) is 8.11. The first kappa shape index (κ1) is 13.3. The van der Waals surface area contributed by atoms with Gasteiger partial charge in [-0.25, -0.2) is 0 Å². The molecule has 6 heteroatoms. The lowest BCUT2D eigenvalue weighted by molar-refractivity contribution is -0.742. The van der Waals surface area contributed by atoms with Crippen molar-refractivity contribution in [3.63, 3.8) is 0 Å². The summed E-state index contributed by atoms with van der Waals surface area (Å²) in [5.74, 6) is 0. The van der Waals surface area contributed by atoms with Gasteiger partial charge in [0.05, 0.1) is 0 Å². The highest BCUT2D eigenvalue weighted by Gasteiger charge is 1.95. The van der Waals surface area contributed by atoms with Crippen molar-refractivity contribution in [3.8, 4) is 0 Å². The lowest BCUT2D eigenvalue weighted by atomic mass is 10.1. The summed E-state index contributed by atoms with van der Waals surface area (Å²) in [4.78, 5) is 8.36. The first-order valence-electron chi connectivity index (χ1n) is 4.33. The molecule has 15 heavy (non-hydrogen) atoms. The van der Waals surface area contributed by atoms with Crippen molar-refractivity contribution >= 4 is 0 Å². The second kappa shape index (κ2) is 7.72. The summed E-state index contributed by atoms with van der Waals surface area (Å²) in [6.07, 6.45) is 0.790. The zero-order valence-electron chi connectivity index (χ0n) is 8.11. The van der Waals surface area contributed by atoms with E-state index in [9.17, 15) is 0 Å². The second-order valence-electron chi connectivity index (χ2n) is 2.83. The Labute approximate surface area is 87.1 Å². The van der Waals surface area contributed by atoms with Crippen LogP contribution in [0, 0.1) is 10.1 Å². The van der Waals surface area contributed by atoms with Crippen LogP contribution in [0.25, 0.3) is 0 Å². The van der Waals surface area contributed by atoms with Crippen LogP contribution in [-0.2, 0) is 6.42 Å². The minimum Gasteiger partial charge on any atom is -0.379 e. The highest BCUT2D eigenvalue weighted by Crippen LogP contribution is 2.02. The van der Waals surface area contributed by atoms with Gasteiger partial charge in [0.1, 0.15) is 6.23 Å². The fraction of sp³-hybridized carbons (Fsp3) is 0.333. The van der Waals surface area contributed by atoms with Crippen LogP contribution in [0.4, 0.5) is 0 Å². The monoisotopic (exact) mass is 214 g/mol. The zero-order chi connectivity index (χ0) is 11.7. The molecule has 0 spiro atoms. The molecule has 0 fully saturated rings. The van der Waals surface area contributed by atoms with Gasteiger partial charge in [-0.15, -0.1) is 10.1 Å². The number of aliphatic hydroxyl groups excluding tert-OH is 1. The highest BCUT2D eigenvalue weighted by atomic mass is 16.9. The molecule has 0 aliphatic rings. The molecule has 1 atom stereocenters. The van der Waals surface area contributed by atoms with Crippen LogP contribution in [-0.4, -0.2) is 21.6 Å². The van der Waals surface area contributed by atoms with E-state index in [4.69, 9.17) is 26.2 Å². The number of rotatable bonds is 3. The van der Waals surface area contributed by atoms with Crippen LogP contribution < -0.4 is 5.73 Å². The molecule has 0 saturated carbocycles. The van der Waals surface area contributed by atoms with Crippen LogP contribution in [0.15, 0.2) is 30.3 Å². The highest BCUT2D eigenvalue weighted by molar-refractivity contribution is 5.14. The molecule has 1 aromatic rings. The third kappa shape index (κ3) is 10.3. The summed E-state index contributed by atoms with van der Waals surface area (Å²) in [5.41, 5.74) is 6.42. The SMILES string of the molecule is NC(O)CCc1ccccc1.O=[N+]([O-])O. The van der Waals surface area contributed by atoms with Crippen molar-refractivity contribution in [2.45, 2.75) is 19.1 Å². The number of nitrogens with zero attached hydrogens (tertiary/aromatic N) is 1. The Morgan fingerprint density at radius 1 is 1.40 bits per heavy atom. The third-order valence-corrected chi connectivity index (χ3v) is 1.57. The summed E-state index contributed by atoms with van der Waals surface area (Å²) in [6.45, 7) is 0. The topological polar surface area (TPSA) is 110 Å². The van der Waals surface area contributed by atoms with Gasteiger partial charge in [0, 0.05) is 0 Å². The van der Waals surface area contributed by atoms with Gasteiger partial charge in [-0.05, 0) is 18.4 Å². The van der Waals surface area contributed by atoms with Crippen molar-refractivity contribution < 1.29 is 15.4 Å². The van der Waals surface area contributed by atoms with Crippen LogP contribution in [0.2, 0.25) is 0 Å². The first-order chi connectivity index (χ1) is 7.02. The normalized spacial score (nSPS) is 11.1. The molecule has 0 aliphatic heterocycles. The molecular weight excluding hydrogens is 200 g/mol. The van der Waals surface area contributed by atoms with Gasteiger partial charge in [0.2, 0.25) is 0 Å². The number of nitrogens with two attached hydrogens (primary N) is 1. The summed E-state index contributed by atoms with van der Waals surface area (Å²) in [5, 5.41) is 22.4. The largest absolute Gasteiger partial charge is 0.379 e. The summed E-state index contributed by atoms with van der Waals surface area (Å²) in [6, 6.07) is 10.0. The van der Waals surface area contributed by atoms with E-state index in [2.05, 4.69) is 0 Å². The minimum atomic E-state index is -1.50. The molecular formula is C9H14N2O4. The number of aryl methyl sites for hydroxylation is 1. The van der Waals surface area contributed by atoms with Crippen molar-refractivity contribution in [3.05, 3.63) is 46.0 Å². The molecule has 1 unspecified atom stereocenters. The third-order valence-electron chi connectivity index (χ3n) is 1.57. The molecule has 4 N–H and O–H groups in total. The van der Waals surface area contributed by atoms with E-state index in [0.717, 1.165) is 6.42 Å².